The number of hydrogen-bond donors (Lipinski definition) is 3. The van der Waals surface area contributed by atoms with Crippen molar-refractivity contribution < 1.29 is 18.1 Å². The van der Waals surface area contributed by atoms with E-state index in [1.165, 1.54) is 34.7 Å². The lowest BCUT2D eigenvalue weighted by molar-refractivity contribution is -0.872. The van der Waals surface area contributed by atoms with Crippen LogP contribution in [0.25, 0.3) is 0 Å². The maximum Gasteiger partial charge on any atom is 0.251 e. The molecule has 26 heavy (non-hydrogen) atoms. The first-order valence-electron chi connectivity index (χ1n) is 8.56. The standard InChI is InChI=1S/C19H25N3O3S/c1-4-21-26(24,25)18-11-9-17(10-12-18)19(23)20-13-15-5-7-16(8-6-15)14-22(2)3/h5-12,21H,4,13-14H2,1-3H3,(H,20,23)/p+1. The molecule has 0 heterocycles. The number of benzene rings is 2. The molecule has 0 saturated carbocycles. The summed E-state index contributed by atoms with van der Waals surface area (Å²) in [6.07, 6.45) is 0. The summed E-state index contributed by atoms with van der Waals surface area (Å²) in [6, 6.07) is 14.0. The molecule has 2 aromatic carbocycles. The van der Waals surface area contributed by atoms with Crippen molar-refractivity contribution in [2.45, 2.75) is 24.9 Å². The van der Waals surface area contributed by atoms with Crippen LogP contribution in [0.2, 0.25) is 0 Å². The van der Waals surface area contributed by atoms with Crippen LogP contribution in [0.3, 0.4) is 0 Å². The maximum atomic E-state index is 12.2. The van der Waals surface area contributed by atoms with Crippen LogP contribution in [0.1, 0.15) is 28.4 Å². The van der Waals surface area contributed by atoms with Gasteiger partial charge >= 0.3 is 0 Å². The Kier molecular flexibility index (Phi) is 6.90. The molecule has 0 aliphatic carbocycles. The second-order valence-electron chi connectivity index (χ2n) is 6.41. The van der Waals surface area contributed by atoms with Gasteiger partial charge in [-0.25, -0.2) is 13.1 Å². The van der Waals surface area contributed by atoms with Crippen LogP contribution >= 0.6 is 0 Å². The van der Waals surface area contributed by atoms with Gasteiger partial charge in [0.2, 0.25) is 10.0 Å². The molecule has 0 aromatic heterocycles. The predicted octanol–water partition coefficient (Wildman–Crippen LogP) is 0.559. The average Bonchev–Trinajstić information content (AvgIpc) is 2.60. The summed E-state index contributed by atoms with van der Waals surface area (Å²) in [7, 11) is 0.696. The smallest absolute Gasteiger partial charge is 0.251 e. The number of carbonyl (C=O) groups excluding carboxylic acids is 1. The topological polar surface area (TPSA) is 79.7 Å². The zero-order chi connectivity index (χ0) is 19.2. The Morgan fingerprint density at radius 3 is 2.08 bits per heavy atom. The van der Waals surface area contributed by atoms with E-state index in [9.17, 15) is 13.2 Å². The monoisotopic (exact) mass is 376 g/mol. The SMILES string of the molecule is CCNS(=O)(=O)c1ccc(C(=O)NCc2ccc(C[NH+](C)C)cc2)cc1. The molecule has 0 bridgehead atoms. The van der Waals surface area contributed by atoms with Gasteiger partial charge in [-0.3, -0.25) is 4.79 Å². The van der Waals surface area contributed by atoms with Crippen LogP contribution in [0.5, 0.6) is 0 Å². The van der Waals surface area contributed by atoms with Gasteiger partial charge in [-0.15, -0.1) is 0 Å². The highest BCUT2D eigenvalue weighted by molar-refractivity contribution is 7.89. The van der Waals surface area contributed by atoms with Crippen molar-refractivity contribution in [2.75, 3.05) is 20.6 Å². The van der Waals surface area contributed by atoms with E-state index in [2.05, 4.69) is 36.3 Å². The molecule has 0 unspecified atom stereocenters. The van der Waals surface area contributed by atoms with Crippen LogP contribution in [-0.2, 0) is 23.1 Å². The zero-order valence-corrected chi connectivity index (χ0v) is 16.2. The Morgan fingerprint density at radius 2 is 1.54 bits per heavy atom. The fraction of sp³-hybridized carbons (Fsp3) is 0.316. The Balaban J connectivity index is 1.95. The summed E-state index contributed by atoms with van der Waals surface area (Å²) in [6.45, 7) is 3.41. The molecule has 7 heteroatoms. The molecule has 1 amide bonds. The van der Waals surface area contributed by atoms with E-state index in [-0.39, 0.29) is 10.8 Å². The number of rotatable bonds is 8. The Bertz CT molecular complexity index is 829. The molecule has 2 aromatic rings. The lowest BCUT2D eigenvalue weighted by Crippen LogP contribution is -3.04. The third kappa shape index (κ3) is 5.66. The first-order valence-corrected chi connectivity index (χ1v) is 10.0. The summed E-state index contributed by atoms with van der Waals surface area (Å²) in [5, 5.41) is 2.85. The molecule has 0 aliphatic heterocycles. The quantitative estimate of drug-likeness (QED) is 0.630. The number of amides is 1. The number of nitrogens with one attached hydrogen (secondary N) is 3. The van der Waals surface area contributed by atoms with E-state index in [4.69, 9.17) is 0 Å². The van der Waals surface area contributed by atoms with Gasteiger partial charge < -0.3 is 10.2 Å². The zero-order valence-electron chi connectivity index (χ0n) is 15.4. The van der Waals surface area contributed by atoms with Crippen molar-refractivity contribution in [2.24, 2.45) is 0 Å². The van der Waals surface area contributed by atoms with Gasteiger partial charge in [-0.2, -0.15) is 0 Å². The number of quaternary nitrogens is 1. The molecule has 0 radical (unpaired) electrons. The molecular weight excluding hydrogens is 350 g/mol. The fourth-order valence-electron chi connectivity index (χ4n) is 2.53. The van der Waals surface area contributed by atoms with Crippen molar-refractivity contribution in [3.8, 4) is 0 Å². The van der Waals surface area contributed by atoms with E-state index in [0.29, 0.717) is 18.7 Å². The molecule has 0 aliphatic rings. The predicted molar refractivity (Wildman–Crippen MR) is 101 cm³/mol. The van der Waals surface area contributed by atoms with E-state index in [1.54, 1.807) is 6.92 Å². The molecule has 6 nitrogen and oxygen atoms in total. The molecule has 3 N–H and O–H groups in total. The summed E-state index contributed by atoms with van der Waals surface area (Å²) >= 11 is 0. The van der Waals surface area contributed by atoms with Gasteiger partial charge in [0.1, 0.15) is 6.54 Å². The van der Waals surface area contributed by atoms with E-state index < -0.39 is 10.0 Å². The fourth-order valence-corrected chi connectivity index (χ4v) is 3.57. The van der Waals surface area contributed by atoms with Crippen LogP contribution in [0, 0.1) is 0 Å². The van der Waals surface area contributed by atoms with Crippen LogP contribution in [0.15, 0.2) is 53.4 Å². The van der Waals surface area contributed by atoms with Gasteiger partial charge in [-0.05, 0) is 29.8 Å². The van der Waals surface area contributed by atoms with Crippen molar-refractivity contribution in [3.63, 3.8) is 0 Å². The summed E-state index contributed by atoms with van der Waals surface area (Å²) in [5.74, 6) is -0.237. The molecule has 0 spiro atoms. The van der Waals surface area contributed by atoms with Gasteiger partial charge in [0.05, 0.1) is 19.0 Å². The largest absolute Gasteiger partial charge is 0.348 e. The molecule has 2 rings (SSSR count). The van der Waals surface area contributed by atoms with Gasteiger partial charge in [0.15, 0.2) is 0 Å². The van der Waals surface area contributed by atoms with Crippen molar-refractivity contribution in [1.82, 2.24) is 10.0 Å². The number of sulfonamides is 1. The number of carbonyl (C=O) groups is 1. The summed E-state index contributed by atoms with van der Waals surface area (Å²) < 4.78 is 26.2. The van der Waals surface area contributed by atoms with E-state index in [0.717, 1.165) is 12.1 Å². The summed E-state index contributed by atoms with van der Waals surface area (Å²) in [5.41, 5.74) is 2.69. The lowest BCUT2D eigenvalue weighted by atomic mass is 10.1. The van der Waals surface area contributed by atoms with Crippen LogP contribution in [0.4, 0.5) is 0 Å². The Labute approximate surface area is 155 Å². The average molecular weight is 377 g/mol. The normalized spacial score (nSPS) is 11.5. The highest BCUT2D eigenvalue weighted by atomic mass is 32.2. The highest BCUT2D eigenvalue weighted by Crippen LogP contribution is 2.11. The molecular formula is C19H26N3O3S+. The minimum Gasteiger partial charge on any atom is -0.348 e. The first kappa shape index (κ1) is 20.1. The highest BCUT2D eigenvalue weighted by Gasteiger charge is 2.13. The number of hydrogen-bond acceptors (Lipinski definition) is 3. The first-order chi connectivity index (χ1) is 12.3. The molecule has 0 saturated heterocycles. The molecule has 140 valence electrons. The van der Waals surface area contributed by atoms with Crippen molar-refractivity contribution >= 4 is 15.9 Å². The maximum absolute atomic E-state index is 12.2. The van der Waals surface area contributed by atoms with Crippen molar-refractivity contribution in [1.29, 1.82) is 0 Å². The minimum atomic E-state index is -3.50. The Hall–Kier alpha value is -2.22. The van der Waals surface area contributed by atoms with Crippen LogP contribution in [-0.4, -0.2) is 35.0 Å². The van der Waals surface area contributed by atoms with E-state index >= 15 is 0 Å². The second-order valence-corrected chi connectivity index (χ2v) is 8.18. The van der Waals surface area contributed by atoms with Gasteiger partial charge in [0.25, 0.3) is 5.91 Å². The molecule has 0 atom stereocenters. The minimum absolute atomic E-state index is 0.148. The van der Waals surface area contributed by atoms with E-state index in [1.807, 2.05) is 12.1 Å². The van der Waals surface area contributed by atoms with Crippen molar-refractivity contribution in [3.05, 3.63) is 65.2 Å². The third-order valence-electron chi connectivity index (χ3n) is 3.79. The van der Waals surface area contributed by atoms with Crippen LogP contribution < -0.4 is 14.9 Å². The Morgan fingerprint density at radius 1 is 0.962 bits per heavy atom. The summed E-state index contributed by atoms with van der Waals surface area (Å²) in [4.78, 5) is 13.7. The van der Waals surface area contributed by atoms with Gasteiger partial charge in [0, 0.05) is 24.2 Å². The second kappa shape index (κ2) is 8.93. The molecule has 0 fully saturated rings. The third-order valence-corrected chi connectivity index (χ3v) is 5.36. The lowest BCUT2D eigenvalue weighted by Gasteiger charge is -2.09. The van der Waals surface area contributed by atoms with Gasteiger partial charge in [-0.1, -0.05) is 31.2 Å².